The van der Waals surface area contributed by atoms with Crippen LogP contribution in [0.25, 0.3) is 5.57 Å². The van der Waals surface area contributed by atoms with E-state index in [2.05, 4.69) is 10.3 Å². The molecule has 21 heavy (non-hydrogen) atoms. The number of rotatable bonds is 2. The monoisotopic (exact) mass is 280 g/mol. The van der Waals surface area contributed by atoms with Crippen LogP contribution in [0.3, 0.4) is 0 Å². The largest absolute Gasteiger partial charge is 0.373 e. The predicted octanol–water partition coefficient (Wildman–Crippen LogP) is 2.01. The van der Waals surface area contributed by atoms with Crippen LogP contribution in [0, 0.1) is 6.92 Å². The normalized spacial score (nSPS) is 21.6. The number of aromatic nitrogens is 1. The van der Waals surface area contributed by atoms with E-state index in [4.69, 9.17) is 0 Å². The number of carbonyl (C=O) groups is 1. The lowest BCUT2D eigenvalue weighted by Gasteiger charge is -2.30. The van der Waals surface area contributed by atoms with E-state index in [9.17, 15) is 9.90 Å². The first kappa shape index (κ1) is 13.5. The second kappa shape index (κ2) is 5.50. The van der Waals surface area contributed by atoms with Gasteiger partial charge in [-0.3, -0.25) is 9.78 Å². The molecule has 2 aromatic rings. The molecule has 1 aromatic heterocycles. The lowest BCUT2D eigenvalue weighted by molar-refractivity contribution is -0.120. The quantitative estimate of drug-likeness (QED) is 0.884. The van der Waals surface area contributed by atoms with Crippen molar-refractivity contribution in [2.75, 3.05) is 0 Å². The average molecular weight is 280 g/mol. The molecule has 3 rings (SSSR count). The van der Waals surface area contributed by atoms with Crippen molar-refractivity contribution in [3.8, 4) is 0 Å². The first-order valence-corrected chi connectivity index (χ1v) is 6.82. The highest BCUT2D eigenvalue weighted by atomic mass is 16.3. The maximum Gasteiger partial charge on any atom is 0.246 e. The summed E-state index contributed by atoms with van der Waals surface area (Å²) in [5, 5.41) is 12.9. The Hall–Kier alpha value is -2.46. The van der Waals surface area contributed by atoms with Gasteiger partial charge >= 0.3 is 0 Å². The maximum atomic E-state index is 11.8. The Labute approximate surface area is 123 Å². The highest BCUT2D eigenvalue weighted by molar-refractivity contribution is 5.99. The van der Waals surface area contributed by atoms with Gasteiger partial charge in [0.25, 0.3) is 0 Å². The third kappa shape index (κ3) is 2.71. The number of aryl methyl sites for hydroxylation is 1. The van der Waals surface area contributed by atoms with Gasteiger partial charge in [0.05, 0.1) is 5.92 Å². The van der Waals surface area contributed by atoms with Gasteiger partial charge in [0.15, 0.2) is 0 Å². The Kier molecular flexibility index (Phi) is 3.54. The van der Waals surface area contributed by atoms with Gasteiger partial charge in [-0.25, -0.2) is 0 Å². The Morgan fingerprint density at radius 1 is 1.19 bits per heavy atom. The number of benzene rings is 1. The zero-order valence-corrected chi connectivity index (χ0v) is 11.7. The topological polar surface area (TPSA) is 62.2 Å². The summed E-state index contributed by atoms with van der Waals surface area (Å²) in [6.07, 6.45) is 3.99. The van der Waals surface area contributed by atoms with E-state index in [0.717, 1.165) is 22.3 Å². The van der Waals surface area contributed by atoms with E-state index in [1.807, 2.05) is 43.3 Å². The summed E-state index contributed by atoms with van der Waals surface area (Å²) in [6, 6.07) is 11.6. The minimum atomic E-state index is -0.944. The summed E-state index contributed by atoms with van der Waals surface area (Å²) in [5.74, 6) is -0.572. The van der Waals surface area contributed by atoms with Gasteiger partial charge in [0.2, 0.25) is 5.91 Å². The Morgan fingerprint density at radius 2 is 1.95 bits per heavy atom. The highest BCUT2D eigenvalue weighted by Gasteiger charge is 2.31. The number of hydrogen-bond acceptors (Lipinski definition) is 3. The van der Waals surface area contributed by atoms with E-state index < -0.39 is 6.23 Å². The second-order valence-electron chi connectivity index (χ2n) is 5.18. The van der Waals surface area contributed by atoms with Crippen LogP contribution < -0.4 is 5.32 Å². The summed E-state index contributed by atoms with van der Waals surface area (Å²) >= 11 is 0. The Balaban J connectivity index is 2.11. The number of amides is 1. The van der Waals surface area contributed by atoms with Gasteiger partial charge in [-0.2, -0.15) is 0 Å². The molecule has 106 valence electrons. The number of aliphatic hydroxyl groups is 1. The third-order valence-electron chi connectivity index (χ3n) is 3.64. The molecular formula is C17H16N2O2. The number of hydrogen-bond donors (Lipinski definition) is 2. The van der Waals surface area contributed by atoms with Crippen molar-refractivity contribution < 1.29 is 9.90 Å². The van der Waals surface area contributed by atoms with Crippen molar-refractivity contribution in [3.05, 3.63) is 71.6 Å². The molecule has 0 aliphatic carbocycles. The smallest absolute Gasteiger partial charge is 0.246 e. The molecule has 1 amide bonds. The lowest BCUT2D eigenvalue weighted by atomic mass is 9.83. The molecule has 0 radical (unpaired) electrons. The summed E-state index contributed by atoms with van der Waals surface area (Å²) < 4.78 is 0. The molecule has 1 aliphatic heterocycles. The average Bonchev–Trinajstić information content (AvgIpc) is 2.47. The number of pyridine rings is 1. The number of carbonyl (C=O) groups excluding carboxylic acids is 1. The number of nitrogens with zero attached hydrogens (tertiary/aromatic N) is 1. The lowest BCUT2D eigenvalue weighted by Crippen LogP contribution is -2.42. The Bertz CT molecular complexity index is 695. The zero-order valence-electron chi connectivity index (χ0n) is 11.7. The predicted molar refractivity (Wildman–Crippen MR) is 80.3 cm³/mol. The van der Waals surface area contributed by atoms with Crippen LogP contribution in [0.5, 0.6) is 0 Å². The van der Waals surface area contributed by atoms with E-state index in [1.54, 1.807) is 18.5 Å². The molecule has 0 saturated carbocycles. The third-order valence-corrected chi connectivity index (χ3v) is 3.64. The van der Waals surface area contributed by atoms with Crippen molar-refractivity contribution in [2.45, 2.75) is 19.1 Å². The van der Waals surface area contributed by atoms with Gasteiger partial charge in [-0.1, -0.05) is 29.8 Å². The van der Waals surface area contributed by atoms with E-state index >= 15 is 0 Å². The van der Waals surface area contributed by atoms with E-state index in [0.29, 0.717) is 0 Å². The Morgan fingerprint density at radius 3 is 2.67 bits per heavy atom. The van der Waals surface area contributed by atoms with Crippen LogP contribution >= 0.6 is 0 Å². The van der Waals surface area contributed by atoms with Gasteiger partial charge in [0, 0.05) is 18.5 Å². The van der Waals surface area contributed by atoms with E-state index in [-0.39, 0.29) is 11.8 Å². The standard InChI is InChI=1S/C17H16N2O2/c1-11-3-2-4-13(9-11)14-10-15(20)19-17(21)16(14)12-5-7-18-8-6-12/h2-10,16-17,21H,1H3,(H,19,20). The summed E-state index contributed by atoms with van der Waals surface area (Å²) in [6.45, 7) is 2.00. The van der Waals surface area contributed by atoms with Gasteiger partial charge in [-0.15, -0.1) is 0 Å². The van der Waals surface area contributed by atoms with Gasteiger partial charge in [-0.05, 0) is 35.8 Å². The van der Waals surface area contributed by atoms with Crippen LogP contribution in [0.1, 0.15) is 22.6 Å². The summed E-state index contributed by atoms with van der Waals surface area (Å²) in [5.41, 5.74) is 3.81. The molecule has 1 aromatic carbocycles. The molecule has 4 heteroatoms. The van der Waals surface area contributed by atoms with Gasteiger partial charge < -0.3 is 10.4 Å². The molecule has 1 aliphatic rings. The van der Waals surface area contributed by atoms with Gasteiger partial charge in [0.1, 0.15) is 6.23 Å². The second-order valence-corrected chi connectivity index (χ2v) is 5.18. The molecule has 0 spiro atoms. The van der Waals surface area contributed by atoms with Crippen molar-refractivity contribution in [1.82, 2.24) is 10.3 Å². The van der Waals surface area contributed by atoms with Crippen LogP contribution in [0.15, 0.2) is 54.9 Å². The fourth-order valence-electron chi connectivity index (χ4n) is 2.69. The molecule has 4 nitrogen and oxygen atoms in total. The molecule has 2 atom stereocenters. The van der Waals surface area contributed by atoms with Crippen molar-refractivity contribution >= 4 is 11.5 Å². The fourth-order valence-corrected chi connectivity index (χ4v) is 2.69. The SMILES string of the molecule is Cc1cccc(C2=CC(=O)NC(O)C2c2ccncc2)c1. The van der Waals surface area contributed by atoms with Crippen LogP contribution in [0.2, 0.25) is 0 Å². The molecule has 2 unspecified atom stereocenters. The molecule has 0 bridgehead atoms. The van der Waals surface area contributed by atoms with Crippen LogP contribution in [0.4, 0.5) is 0 Å². The first-order chi connectivity index (χ1) is 10.1. The molecular weight excluding hydrogens is 264 g/mol. The fraction of sp³-hybridized carbons (Fsp3) is 0.176. The highest BCUT2D eigenvalue weighted by Crippen LogP contribution is 2.36. The minimum Gasteiger partial charge on any atom is -0.373 e. The number of nitrogens with one attached hydrogen (secondary N) is 1. The summed E-state index contributed by atoms with van der Waals surface area (Å²) in [7, 11) is 0. The molecule has 2 heterocycles. The van der Waals surface area contributed by atoms with Crippen LogP contribution in [-0.2, 0) is 4.79 Å². The zero-order chi connectivity index (χ0) is 14.8. The number of aliphatic hydroxyl groups excluding tert-OH is 1. The van der Waals surface area contributed by atoms with Crippen molar-refractivity contribution in [2.24, 2.45) is 0 Å². The minimum absolute atomic E-state index is 0.274. The van der Waals surface area contributed by atoms with Crippen LogP contribution in [-0.4, -0.2) is 22.2 Å². The molecule has 0 fully saturated rings. The first-order valence-electron chi connectivity index (χ1n) is 6.82. The maximum absolute atomic E-state index is 11.8. The molecule has 2 N–H and O–H groups in total. The van der Waals surface area contributed by atoms with E-state index in [1.165, 1.54) is 0 Å². The summed E-state index contributed by atoms with van der Waals surface area (Å²) in [4.78, 5) is 15.8. The molecule has 0 saturated heterocycles. The van der Waals surface area contributed by atoms with Crippen molar-refractivity contribution in [3.63, 3.8) is 0 Å². The van der Waals surface area contributed by atoms with Crippen molar-refractivity contribution in [1.29, 1.82) is 0 Å².